The minimum absolute atomic E-state index is 0.0530. The molecule has 5 heteroatoms. The minimum Gasteiger partial charge on any atom is -0.273 e. The molecule has 0 bridgehead atoms. The second kappa shape index (κ2) is 6.83. The summed E-state index contributed by atoms with van der Waals surface area (Å²) in [5.41, 5.74) is 4.10. The van der Waals surface area contributed by atoms with Crippen molar-refractivity contribution in [3.63, 3.8) is 0 Å². The molecule has 124 valence electrons. The van der Waals surface area contributed by atoms with Gasteiger partial charge in [0.1, 0.15) is 5.82 Å². The number of nitrogens with zero attached hydrogens (tertiary/aromatic N) is 1. The number of nitrogens with one attached hydrogen (secondary N) is 1. The van der Waals surface area contributed by atoms with E-state index in [2.05, 4.69) is 5.43 Å². The Morgan fingerprint density at radius 3 is 2.46 bits per heavy atom. The van der Waals surface area contributed by atoms with Gasteiger partial charge in [0.2, 0.25) is 5.91 Å². The van der Waals surface area contributed by atoms with Gasteiger partial charge in [-0.2, -0.15) is 0 Å². The van der Waals surface area contributed by atoms with E-state index in [4.69, 9.17) is 0 Å². The van der Waals surface area contributed by atoms with Crippen molar-refractivity contribution in [3.8, 4) is 0 Å². The van der Waals surface area contributed by atoms with E-state index in [-0.39, 0.29) is 17.9 Å². The summed E-state index contributed by atoms with van der Waals surface area (Å²) < 4.78 is 13.0. The topological polar surface area (TPSA) is 49.4 Å². The number of amides is 2. The highest BCUT2D eigenvalue weighted by Crippen LogP contribution is 2.34. The highest BCUT2D eigenvalue weighted by atomic mass is 19.1. The van der Waals surface area contributed by atoms with E-state index < -0.39 is 11.7 Å². The van der Waals surface area contributed by atoms with Gasteiger partial charge in [0.05, 0.1) is 6.04 Å². The Balaban J connectivity index is 1.78. The summed E-state index contributed by atoms with van der Waals surface area (Å²) in [6.07, 6.45) is 1.10. The number of hydrazine groups is 1. The molecule has 1 saturated heterocycles. The maximum atomic E-state index is 13.0. The first-order chi connectivity index (χ1) is 11.6. The third-order valence-corrected chi connectivity index (χ3v) is 4.43. The van der Waals surface area contributed by atoms with Crippen LogP contribution in [0.5, 0.6) is 0 Å². The number of benzene rings is 2. The van der Waals surface area contributed by atoms with E-state index >= 15 is 0 Å². The molecule has 2 atom stereocenters. The Bertz CT molecular complexity index is 731. The Morgan fingerprint density at radius 2 is 1.83 bits per heavy atom. The van der Waals surface area contributed by atoms with Crippen molar-refractivity contribution in [2.75, 3.05) is 0 Å². The van der Waals surface area contributed by atoms with Crippen LogP contribution in [0.4, 0.5) is 4.39 Å². The molecule has 0 spiro atoms. The maximum absolute atomic E-state index is 13.0. The van der Waals surface area contributed by atoms with Crippen molar-refractivity contribution < 1.29 is 14.0 Å². The van der Waals surface area contributed by atoms with Crippen LogP contribution in [0.15, 0.2) is 54.6 Å². The predicted octanol–water partition coefficient (Wildman–Crippen LogP) is 3.27. The largest absolute Gasteiger partial charge is 0.273 e. The number of rotatable bonds is 4. The van der Waals surface area contributed by atoms with Gasteiger partial charge in [-0.05, 0) is 36.2 Å². The van der Waals surface area contributed by atoms with Gasteiger partial charge in [-0.3, -0.25) is 20.0 Å². The van der Waals surface area contributed by atoms with Gasteiger partial charge >= 0.3 is 0 Å². The molecule has 2 aromatic rings. The lowest BCUT2D eigenvalue weighted by Crippen LogP contribution is -2.48. The first-order valence-corrected chi connectivity index (χ1v) is 8.03. The van der Waals surface area contributed by atoms with Crippen LogP contribution in [-0.2, 0) is 4.79 Å². The van der Waals surface area contributed by atoms with Crippen LogP contribution in [0.3, 0.4) is 0 Å². The molecule has 2 amide bonds. The number of hydrogen-bond donors (Lipinski definition) is 1. The lowest BCUT2D eigenvalue weighted by Gasteiger charge is -2.27. The highest BCUT2D eigenvalue weighted by Gasteiger charge is 2.40. The zero-order valence-corrected chi connectivity index (χ0v) is 13.4. The summed E-state index contributed by atoms with van der Waals surface area (Å²) >= 11 is 0. The zero-order chi connectivity index (χ0) is 17.1. The molecule has 1 N–H and O–H groups in total. The molecule has 0 saturated carbocycles. The van der Waals surface area contributed by atoms with E-state index in [1.165, 1.54) is 29.3 Å². The normalized spacial score (nSPS) is 20.2. The van der Waals surface area contributed by atoms with Gasteiger partial charge in [-0.25, -0.2) is 4.39 Å². The molecule has 3 rings (SSSR count). The van der Waals surface area contributed by atoms with Crippen LogP contribution < -0.4 is 5.43 Å². The summed E-state index contributed by atoms with van der Waals surface area (Å²) in [6, 6.07) is 15.0. The van der Waals surface area contributed by atoms with Crippen LogP contribution >= 0.6 is 0 Å². The lowest BCUT2D eigenvalue weighted by atomic mass is 9.90. The van der Waals surface area contributed by atoms with Crippen LogP contribution in [0.2, 0.25) is 0 Å². The summed E-state index contributed by atoms with van der Waals surface area (Å²) in [6.45, 7) is 2.00. The Morgan fingerprint density at radius 1 is 1.17 bits per heavy atom. The average molecular weight is 326 g/mol. The van der Waals surface area contributed by atoms with Gasteiger partial charge in [0.15, 0.2) is 0 Å². The molecule has 1 heterocycles. The van der Waals surface area contributed by atoms with Crippen molar-refractivity contribution in [2.24, 2.45) is 0 Å². The van der Waals surface area contributed by atoms with Gasteiger partial charge in [0, 0.05) is 17.9 Å². The van der Waals surface area contributed by atoms with Crippen molar-refractivity contribution in [2.45, 2.75) is 31.7 Å². The molecule has 24 heavy (non-hydrogen) atoms. The Hall–Kier alpha value is -2.69. The van der Waals surface area contributed by atoms with Crippen LogP contribution in [0, 0.1) is 5.82 Å². The fourth-order valence-corrected chi connectivity index (χ4v) is 3.22. The molecule has 1 aliphatic heterocycles. The fourth-order valence-electron chi connectivity index (χ4n) is 3.22. The summed E-state index contributed by atoms with van der Waals surface area (Å²) in [4.78, 5) is 24.7. The Labute approximate surface area is 140 Å². The van der Waals surface area contributed by atoms with Crippen LogP contribution in [-0.4, -0.2) is 22.9 Å². The first-order valence-electron chi connectivity index (χ1n) is 8.03. The number of halogens is 1. The number of carbonyl (C=O) groups is 2. The molecular weight excluding hydrogens is 307 g/mol. The van der Waals surface area contributed by atoms with E-state index in [1.807, 2.05) is 37.3 Å². The Kier molecular flexibility index (Phi) is 4.60. The van der Waals surface area contributed by atoms with Crippen LogP contribution in [0.1, 0.15) is 41.6 Å². The van der Waals surface area contributed by atoms with Gasteiger partial charge in [0.25, 0.3) is 5.91 Å². The predicted molar refractivity (Wildman–Crippen MR) is 88.6 cm³/mol. The molecule has 1 aliphatic rings. The molecule has 0 radical (unpaired) electrons. The monoisotopic (exact) mass is 326 g/mol. The van der Waals surface area contributed by atoms with Gasteiger partial charge in [-0.1, -0.05) is 37.3 Å². The third-order valence-electron chi connectivity index (χ3n) is 4.43. The molecular formula is C19H19FN2O2. The summed E-state index contributed by atoms with van der Waals surface area (Å²) in [5, 5.41) is 1.43. The smallest absolute Gasteiger partial charge is 0.269 e. The maximum Gasteiger partial charge on any atom is 0.269 e. The van der Waals surface area contributed by atoms with Gasteiger partial charge in [-0.15, -0.1) is 0 Å². The van der Waals surface area contributed by atoms with Crippen molar-refractivity contribution in [1.29, 1.82) is 0 Å². The fraction of sp³-hybridized carbons (Fsp3) is 0.263. The minimum atomic E-state index is -0.407. The second-order valence-electron chi connectivity index (χ2n) is 5.91. The second-order valence-corrected chi connectivity index (χ2v) is 5.91. The molecule has 0 aromatic heterocycles. The van der Waals surface area contributed by atoms with E-state index in [0.29, 0.717) is 12.0 Å². The van der Waals surface area contributed by atoms with Crippen LogP contribution in [0.25, 0.3) is 0 Å². The zero-order valence-electron chi connectivity index (χ0n) is 13.4. The van der Waals surface area contributed by atoms with Crippen molar-refractivity contribution >= 4 is 11.8 Å². The average Bonchev–Trinajstić information content (AvgIpc) is 2.92. The number of carbonyl (C=O) groups excluding carboxylic acids is 2. The number of hydrogen-bond acceptors (Lipinski definition) is 2. The third kappa shape index (κ3) is 3.15. The van der Waals surface area contributed by atoms with Crippen molar-refractivity contribution in [3.05, 3.63) is 71.5 Å². The molecule has 0 aliphatic carbocycles. The van der Waals surface area contributed by atoms with E-state index in [9.17, 15) is 14.0 Å². The molecule has 4 nitrogen and oxygen atoms in total. The highest BCUT2D eigenvalue weighted by molar-refractivity contribution is 5.95. The molecule has 1 unspecified atom stereocenters. The quantitative estimate of drug-likeness (QED) is 0.937. The van der Waals surface area contributed by atoms with E-state index in [1.54, 1.807) is 0 Å². The van der Waals surface area contributed by atoms with Crippen molar-refractivity contribution in [1.82, 2.24) is 10.4 Å². The SMILES string of the molecule is CC[C@H]1C(c2ccccc2)CC(=O)N1NC(=O)c1ccc(F)cc1. The standard InChI is InChI=1S/C19H19FN2O2/c1-2-17-16(13-6-4-3-5-7-13)12-18(23)22(17)21-19(24)14-8-10-15(20)11-9-14/h3-11,16-17H,2,12H2,1H3,(H,21,24)/t16?,17-/m0/s1. The summed E-state index contributed by atoms with van der Waals surface area (Å²) in [5.74, 6) is -0.863. The molecule has 1 fully saturated rings. The molecule has 2 aromatic carbocycles. The van der Waals surface area contributed by atoms with E-state index in [0.717, 1.165) is 12.0 Å². The summed E-state index contributed by atoms with van der Waals surface area (Å²) in [7, 11) is 0. The lowest BCUT2D eigenvalue weighted by molar-refractivity contribution is -0.131. The van der Waals surface area contributed by atoms with Gasteiger partial charge < -0.3 is 0 Å². The first kappa shape index (κ1) is 16.2.